The minimum absolute atomic E-state index is 0.0169. The largest absolute Gasteiger partial charge is 0.382 e. The normalized spacial score (nSPS) is 20.0. The molecule has 0 radical (unpaired) electrons. The number of aromatic nitrogens is 1. The molecule has 2 heterocycles. The van der Waals surface area contributed by atoms with Crippen LogP contribution >= 0.6 is 0 Å². The van der Waals surface area contributed by atoms with Gasteiger partial charge in [-0.2, -0.15) is 0 Å². The van der Waals surface area contributed by atoms with Gasteiger partial charge in [-0.05, 0) is 38.6 Å². The maximum Gasteiger partial charge on any atom is 0.141 e. The quantitative estimate of drug-likeness (QED) is 0.612. The van der Waals surface area contributed by atoms with E-state index >= 15 is 0 Å². The van der Waals surface area contributed by atoms with Gasteiger partial charge in [0.25, 0.3) is 0 Å². The molecule has 1 aliphatic rings. The van der Waals surface area contributed by atoms with Crippen LogP contribution in [0.5, 0.6) is 0 Å². The van der Waals surface area contributed by atoms with E-state index < -0.39 is 0 Å². The number of nitrogens with two attached hydrogens (primary N) is 1. The Morgan fingerprint density at radius 3 is 3.00 bits per heavy atom. The number of likely N-dealkylation sites (N-methyl/N-ethyl adjacent to an activating group) is 2. The zero-order chi connectivity index (χ0) is 13.1. The fourth-order valence-electron chi connectivity index (χ4n) is 2.41. The minimum Gasteiger partial charge on any atom is -0.382 e. The summed E-state index contributed by atoms with van der Waals surface area (Å²) in [5, 5.41) is 7.42. The molecular formula is C13H21N5. The summed E-state index contributed by atoms with van der Waals surface area (Å²) < 4.78 is 0. The van der Waals surface area contributed by atoms with Crippen LogP contribution in [0.25, 0.3) is 0 Å². The molecule has 1 fully saturated rings. The molecule has 0 aromatic carbocycles. The Labute approximate surface area is 108 Å². The van der Waals surface area contributed by atoms with Gasteiger partial charge in [-0.25, -0.2) is 4.98 Å². The standard InChI is InChI=1S/C13H21N5/c1-17-8-4-5-10(17)9-18(2)12-7-3-6-11(16-12)13(14)15/h3,6-7,10H,4-5,8-9H2,1-2H3,(H3,14,15). The smallest absolute Gasteiger partial charge is 0.141 e. The van der Waals surface area contributed by atoms with Gasteiger partial charge in [-0.15, -0.1) is 0 Å². The third kappa shape index (κ3) is 2.79. The van der Waals surface area contributed by atoms with Crippen LogP contribution in [0.15, 0.2) is 18.2 Å². The monoisotopic (exact) mass is 247 g/mol. The number of hydrogen-bond donors (Lipinski definition) is 2. The summed E-state index contributed by atoms with van der Waals surface area (Å²) in [5.41, 5.74) is 6.00. The van der Waals surface area contributed by atoms with Crippen molar-refractivity contribution in [3.8, 4) is 0 Å². The molecule has 1 unspecified atom stereocenters. The average Bonchev–Trinajstić information content (AvgIpc) is 2.75. The van der Waals surface area contributed by atoms with Gasteiger partial charge in [0, 0.05) is 19.6 Å². The van der Waals surface area contributed by atoms with Gasteiger partial charge in [0.2, 0.25) is 0 Å². The summed E-state index contributed by atoms with van der Waals surface area (Å²) in [7, 11) is 4.21. The number of nitrogens with zero attached hydrogens (tertiary/aromatic N) is 3. The lowest BCUT2D eigenvalue weighted by Gasteiger charge is -2.26. The first-order chi connectivity index (χ1) is 8.58. The molecule has 1 aromatic rings. The van der Waals surface area contributed by atoms with Crippen molar-refractivity contribution in [2.45, 2.75) is 18.9 Å². The zero-order valence-electron chi connectivity index (χ0n) is 11.1. The first-order valence-corrected chi connectivity index (χ1v) is 6.31. The lowest BCUT2D eigenvalue weighted by Crippen LogP contribution is -2.37. The van der Waals surface area contributed by atoms with Crippen LogP contribution in [0.1, 0.15) is 18.5 Å². The fraction of sp³-hybridized carbons (Fsp3) is 0.538. The Hall–Kier alpha value is -1.62. The number of pyridine rings is 1. The van der Waals surface area contributed by atoms with Gasteiger partial charge >= 0.3 is 0 Å². The van der Waals surface area contributed by atoms with Crippen molar-refractivity contribution in [3.63, 3.8) is 0 Å². The van der Waals surface area contributed by atoms with Crippen molar-refractivity contribution in [1.29, 1.82) is 5.41 Å². The average molecular weight is 247 g/mol. The first kappa shape index (κ1) is 12.8. The molecule has 1 aliphatic heterocycles. The zero-order valence-corrected chi connectivity index (χ0v) is 11.1. The number of rotatable bonds is 4. The summed E-state index contributed by atoms with van der Waals surface area (Å²) >= 11 is 0. The van der Waals surface area contributed by atoms with Gasteiger partial charge < -0.3 is 15.5 Å². The molecule has 0 spiro atoms. The van der Waals surface area contributed by atoms with Crippen molar-refractivity contribution >= 4 is 11.7 Å². The lowest BCUT2D eigenvalue weighted by atomic mass is 10.2. The van der Waals surface area contributed by atoms with Crippen LogP contribution in [-0.4, -0.2) is 48.9 Å². The molecular weight excluding hydrogens is 226 g/mol. The molecule has 3 N–H and O–H groups in total. The maximum atomic E-state index is 7.42. The van der Waals surface area contributed by atoms with E-state index in [-0.39, 0.29) is 5.84 Å². The van der Waals surface area contributed by atoms with E-state index in [1.54, 1.807) is 6.07 Å². The molecule has 0 bridgehead atoms. The highest BCUT2D eigenvalue weighted by molar-refractivity contribution is 5.93. The highest BCUT2D eigenvalue weighted by atomic mass is 15.2. The second kappa shape index (κ2) is 5.35. The second-order valence-corrected chi connectivity index (χ2v) is 4.95. The SMILES string of the molecule is CN(CC1CCCN1C)c1cccc(C(=N)N)n1. The summed E-state index contributed by atoms with van der Waals surface area (Å²) in [6, 6.07) is 6.22. The summed E-state index contributed by atoms with van der Waals surface area (Å²) in [6.07, 6.45) is 2.52. The highest BCUT2D eigenvalue weighted by Gasteiger charge is 2.22. The van der Waals surface area contributed by atoms with Crippen LogP contribution in [0.3, 0.4) is 0 Å². The van der Waals surface area contributed by atoms with Gasteiger partial charge in [0.1, 0.15) is 17.3 Å². The maximum absolute atomic E-state index is 7.42. The van der Waals surface area contributed by atoms with E-state index in [0.717, 1.165) is 12.4 Å². The molecule has 1 aromatic heterocycles. The topological polar surface area (TPSA) is 69.2 Å². The lowest BCUT2D eigenvalue weighted by molar-refractivity contribution is 0.314. The van der Waals surface area contributed by atoms with E-state index in [2.05, 4.69) is 21.8 Å². The number of hydrogen-bond acceptors (Lipinski definition) is 4. The fourth-order valence-corrected chi connectivity index (χ4v) is 2.41. The Balaban J connectivity index is 2.06. The van der Waals surface area contributed by atoms with Crippen molar-refractivity contribution in [2.75, 3.05) is 32.1 Å². The van der Waals surface area contributed by atoms with Crippen molar-refractivity contribution in [2.24, 2.45) is 5.73 Å². The number of amidine groups is 1. The number of likely N-dealkylation sites (tertiary alicyclic amines) is 1. The number of anilines is 1. The summed E-state index contributed by atoms with van der Waals surface area (Å²) in [4.78, 5) is 8.93. The van der Waals surface area contributed by atoms with Crippen LogP contribution in [0, 0.1) is 5.41 Å². The molecule has 5 heteroatoms. The molecule has 18 heavy (non-hydrogen) atoms. The Morgan fingerprint density at radius 1 is 1.61 bits per heavy atom. The Bertz CT molecular complexity index is 431. The molecule has 2 rings (SSSR count). The Kier molecular flexibility index (Phi) is 3.81. The molecule has 98 valence electrons. The molecule has 0 aliphatic carbocycles. The molecule has 0 amide bonds. The number of nitrogens with one attached hydrogen (secondary N) is 1. The molecule has 5 nitrogen and oxygen atoms in total. The van der Waals surface area contributed by atoms with E-state index in [1.807, 2.05) is 19.2 Å². The number of nitrogen functional groups attached to an aromatic ring is 1. The van der Waals surface area contributed by atoms with Crippen LogP contribution in [0.2, 0.25) is 0 Å². The molecule has 0 saturated carbocycles. The predicted octanol–water partition coefficient (Wildman–Crippen LogP) is 0.896. The molecule has 1 atom stereocenters. The van der Waals surface area contributed by atoms with Crippen LogP contribution in [0.4, 0.5) is 5.82 Å². The second-order valence-electron chi connectivity index (χ2n) is 4.95. The minimum atomic E-state index is 0.0169. The molecule has 1 saturated heterocycles. The Morgan fingerprint density at radius 2 is 2.39 bits per heavy atom. The van der Waals surface area contributed by atoms with E-state index in [0.29, 0.717) is 11.7 Å². The van der Waals surface area contributed by atoms with Crippen molar-refractivity contribution in [3.05, 3.63) is 23.9 Å². The van der Waals surface area contributed by atoms with Gasteiger partial charge in [-0.1, -0.05) is 6.07 Å². The first-order valence-electron chi connectivity index (χ1n) is 6.31. The summed E-state index contributed by atoms with van der Waals surface area (Å²) in [5.74, 6) is 0.895. The van der Waals surface area contributed by atoms with E-state index in [9.17, 15) is 0 Å². The van der Waals surface area contributed by atoms with Gasteiger partial charge in [-0.3, -0.25) is 5.41 Å². The van der Waals surface area contributed by atoms with Crippen LogP contribution < -0.4 is 10.6 Å². The van der Waals surface area contributed by atoms with Crippen molar-refractivity contribution in [1.82, 2.24) is 9.88 Å². The van der Waals surface area contributed by atoms with E-state index in [4.69, 9.17) is 11.1 Å². The van der Waals surface area contributed by atoms with Gasteiger partial charge in [0.05, 0.1) is 0 Å². The van der Waals surface area contributed by atoms with Crippen molar-refractivity contribution < 1.29 is 0 Å². The third-order valence-corrected chi connectivity index (χ3v) is 3.56. The summed E-state index contributed by atoms with van der Waals surface area (Å²) in [6.45, 7) is 2.14. The predicted molar refractivity (Wildman–Crippen MR) is 74.2 cm³/mol. The highest BCUT2D eigenvalue weighted by Crippen LogP contribution is 2.18. The van der Waals surface area contributed by atoms with E-state index in [1.165, 1.54) is 19.4 Å². The van der Waals surface area contributed by atoms with Crippen LogP contribution in [-0.2, 0) is 0 Å². The van der Waals surface area contributed by atoms with Gasteiger partial charge in [0.15, 0.2) is 0 Å². The third-order valence-electron chi connectivity index (χ3n) is 3.56.